The van der Waals surface area contributed by atoms with Crippen LogP contribution in [0.3, 0.4) is 0 Å². The highest BCUT2D eigenvalue weighted by molar-refractivity contribution is 7.17. The minimum absolute atomic E-state index is 0.101. The van der Waals surface area contributed by atoms with Crippen molar-refractivity contribution in [3.8, 4) is 17.2 Å². The largest absolute Gasteiger partial charge is 0.494 e. The normalized spacial score (nSPS) is 10.8. The summed E-state index contributed by atoms with van der Waals surface area (Å²) >= 11 is 1.39. The van der Waals surface area contributed by atoms with Gasteiger partial charge in [-0.3, -0.25) is 4.79 Å². The topological polar surface area (TPSA) is 76.2 Å². The second-order valence-corrected chi connectivity index (χ2v) is 6.95. The Morgan fingerprint density at radius 2 is 1.68 bits per heavy atom. The van der Waals surface area contributed by atoms with Crippen LogP contribution in [0.15, 0.2) is 64.8 Å². The van der Waals surface area contributed by atoms with Crippen LogP contribution in [0, 0.1) is 0 Å². The third-order valence-electron chi connectivity index (χ3n) is 4.05. The van der Waals surface area contributed by atoms with Gasteiger partial charge in [-0.15, -0.1) is 11.3 Å². The average molecular weight is 393 g/mol. The molecular formula is C21H19N3O3S. The molecule has 2 aromatic heterocycles. The molecule has 0 amide bonds. The molecule has 4 rings (SSSR count). The van der Waals surface area contributed by atoms with E-state index in [1.165, 1.54) is 11.3 Å². The molecule has 0 atom stereocenters. The summed E-state index contributed by atoms with van der Waals surface area (Å²) < 4.78 is 11.9. The maximum atomic E-state index is 12.0. The molecule has 0 fully saturated rings. The van der Waals surface area contributed by atoms with E-state index in [0.717, 1.165) is 28.5 Å². The molecule has 0 bridgehead atoms. The van der Waals surface area contributed by atoms with Crippen molar-refractivity contribution in [3.63, 3.8) is 0 Å². The number of rotatable bonds is 7. The highest BCUT2D eigenvalue weighted by Crippen LogP contribution is 2.25. The van der Waals surface area contributed by atoms with Gasteiger partial charge in [-0.1, -0.05) is 0 Å². The molecule has 0 aliphatic rings. The fourth-order valence-electron chi connectivity index (χ4n) is 2.74. The summed E-state index contributed by atoms with van der Waals surface area (Å²) in [6, 6.07) is 17.0. The van der Waals surface area contributed by atoms with Crippen molar-refractivity contribution in [1.29, 1.82) is 0 Å². The number of nitrogens with zero attached hydrogens (tertiary/aromatic N) is 1. The highest BCUT2D eigenvalue weighted by atomic mass is 32.1. The fraction of sp³-hybridized carbons (Fsp3) is 0.143. The molecule has 2 N–H and O–H groups in total. The predicted molar refractivity (Wildman–Crippen MR) is 112 cm³/mol. The van der Waals surface area contributed by atoms with E-state index in [4.69, 9.17) is 9.47 Å². The van der Waals surface area contributed by atoms with E-state index in [2.05, 4.69) is 15.3 Å². The van der Waals surface area contributed by atoms with E-state index >= 15 is 0 Å². The minimum Gasteiger partial charge on any atom is -0.494 e. The zero-order valence-electron chi connectivity index (χ0n) is 15.3. The molecular weight excluding hydrogens is 374 g/mol. The second kappa shape index (κ2) is 8.14. The SMILES string of the molecule is CCOc1ccc(Oc2ccc(NCc3nc4ccsc4c(=O)[nH]3)cc2)cc1. The molecule has 2 aromatic carbocycles. The molecule has 0 unspecified atom stereocenters. The molecule has 2 heterocycles. The van der Waals surface area contributed by atoms with E-state index in [-0.39, 0.29) is 5.56 Å². The molecule has 28 heavy (non-hydrogen) atoms. The monoisotopic (exact) mass is 393 g/mol. The summed E-state index contributed by atoms with van der Waals surface area (Å²) in [5.41, 5.74) is 1.53. The van der Waals surface area contributed by atoms with Gasteiger partial charge in [0.05, 0.1) is 18.7 Å². The van der Waals surface area contributed by atoms with Crippen LogP contribution in [-0.4, -0.2) is 16.6 Å². The first-order chi connectivity index (χ1) is 13.7. The van der Waals surface area contributed by atoms with Crippen molar-refractivity contribution in [1.82, 2.24) is 9.97 Å². The number of ether oxygens (including phenoxy) is 2. The standard InChI is InChI=1S/C21H19N3O3S/c1-2-26-15-7-9-17(10-8-15)27-16-5-3-14(4-6-16)22-13-19-23-18-11-12-28-20(18)21(25)24-19/h3-12,22H,2,13H2,1H3,(H,23,24,25). The van der Waals surface area contributed by atoms with Crippen LogP contribution in [0.4, 0.5) is 5.69 Å². The lowest BCUT2D eigenvalue weighted by atomic mass is 10.3. The van der Waals surface area contributed by atoms with Crippen LogP contribution in [0.25, 0.3) is 10.2 Å². The van der Waals surface area contributed by atoms with Crippen LogP contribution in [0.5, 0.6) is 17.2 Å². The van der Waals surface area contributed by atoms with Crippen molar-refractivity contribution in [2.24, 2.45) is 0 Å². The summed E-state index contributed by atoms with van der Waals surface area (Å²) in [6.07, 6.45) is 0. The first kappa shape index (κ1) is 18.1. The summed E-state index contributed by atoms with van der Waals surface area (Å²) in [5, 5.41) is 5.12. The van der Waals surface area contributed by atoms with E-state index in [1.807, 2.05) is 66.9 Å². The molecule has 142 valence electrons. The van der Waals surface area contributed by atoms with Gasteiger partial charge >= 0.3 is 0 Å². The number of benzene rings is 2. The highest BCUT2D eigenvalue weighted by Gasteiger charge is 2.05. The maximum absolute atomic E-state index is 12.0. The van der Waals surface area contributed by atoms with Gasteiger partial charge in [0.1, 0.15) is 27.8 Å². The first-order valence-electron chi connectivity index (χ1n) is 8.92. The molecule has 0 saturated carbocycles. The van der Waals surface area contributed by atoms with Gasteiger partial charge in [-0.25, -0.2) is 4.98 Å². The van der Waals surface area contributed by atoms with Crippen molar-refractivity contribution in [2.75, 3.05) is 11.9 Å². The third kappa shape index (κ3) is 4.15. The van der Waals surface area contributed by atoms with Gasteiger partial charge in [0.2, 0.25) is 0 Å². The van der Waals surface area contributed by atoms with Crippen LogP contribution in [0.2, 0.25) is 0 Å². The van der Waals surface area contributed by atoms with Crippen molar-refractivity contribution < 1.29 is 9.47 Å². The van der Waals surface area contributed by atoms with Crippen LogP contribution in [0.1, 0.15) is 12.7 Å². The Labute approximate surface area is 165 Å². The van der Waals surface area contributed by atoms with Gasteiger partial charge in [-0.05, 0) is 66.9 Å². The van der Waals surface area contributed by atoms with E-state index < -0.39 is 0 Å². The Kier molecular flexibility index (Phi) is 5.25. The molecule has 0 aliphatic heterocycles. The summed E-state index contributed by atoms with van der Waals surface area (Å²) in [5.74, 6) is 2.91. The number of fused-ring (bicyclic) bond motifs is 1. The van der Waals surface area contributed by atoms with Crippen molar-refractivity contribution in [3.05, 3.63) is 76.2 Å². The van der Waals surface area contributed by atoms with Crippen molar-refractivity contribution in [2.45, 2.75) is 13.5 Å². The lowest BCUT2D eigenvalue weighted by molar-refractivity contribution is 0.339. The lowest BCUT2D eigenvalue weighted by Crippen LogP contribution is -2.13. The first-order valence-corrected chi connectivity index (χ1v) is 9.80. The van der Waals surface area contributed by atoms with Gasteiger partial charge in [-0.2, -0.15) is 0 Å². The van der Waals surface area contributed by atoms with Crippen molar-refractivity contribution >= 4 is 27.2 Å². The second-order valence-electron chi connectivity index (χ2n) is 6.03. The van der Waals surface area contributed by atoms with E-state index in [9.17, 15) is 4.79 Å². The molecule has 0 aliphatic carbocycles. The Morgan fingerprint density at radius 3 is 2.39 bits per heavy atom. The van der Waals surface area contributed by atoms with E-state index in [0.29, 0.717) is 23.7 Å². The summed E-state index contributed by atoms with van der Waals surface area (Å²) in [7, 11) is 0. The predicted octanol–water partition coefficient (Wildman–Crippen LogP) is 4.79. The summed E-state index contributed by atoms with van der Waals surface area (Å²) in [6.45, 7) is 3.02. The molecule has 0 saturated heterocycles. The lowest BCUT2D eigenvalue weighted by Gasteiger charge is -2.09. The van der Waals surface area contributed by atoms with Gasteiger partial charge in [0.15, 0.2) is 0 Å². The molecule has 6 nitrogen and oxygen atoms in total. The fourth-order valence-corrected chi connectivity index (χ4v) is 3.46. The van der Waals surface area contributed by atoms with Gasteiger partial charge in [0, 0.05) is 5.69 Å². The summed E-state index contributed by atoms with van der Waals surface area (Å²) in [4.78, 5) is 19.3. The molecule has 4 aromatic rings. The average Bonchev–Trinajstić information content (AvgIpc) is 3.19. The van der Waals surface area contributed by atoms with Crippen LogP contribution >= 0.6 is 11.3 Å². The molecule has 0 radical (unpaired) electrons. The zero-order chi connectivity index (χ0) is 19.3. The Balaban J connectivity index is 1.38. The number of thiophene rings is 1. The third-order valence-corrected chi connectivity index (χ3v) is 4.95. The number of hydrogen-bond donors (Lipinski definition) is 2. The van der Waals surface area contributed by atoms with Gasteiger partial charge < -0.3 is 19.8 Å². The number of aromatic nitrogens is 2. The number of H-pyrrole nitrogens is 1. The van der Waals surface area contributed by atoms with Gasteiger partial charge in [0.25, 0.3) is 5.56 Å². The quantitative estimate of drug-likeness (QED) is 0.472. The Hall–Kier alpha value is -3.32. The number of nitrogens with one attached hydrogen (secondary N) is 2. The van der Waals surface area contributed by atoms with Crippen LogP contribution < -0.4 is 20.3 Å². The molecule has 0 spiro atoms. The Morgan fingerprint density at radius 1 is 1.00 bits per heavy atom. The van der Waals surface area contributed by atoms with Crippen LogP contribution in [-0.2, 0) is 6.54 Å². The number of anilines is 1. The smallest absolute Gasteiger partial charge is 0.268 e. The Bertz CT molecular complexity index is 1120. The van der Waals surface area contributed by atoms with E-state index in [1.54, 1.807) is 0 Å². The molecule has 7 heteroatoms. The maximum Gasteiger partial charge on any atom is 0.268 e. The zero-order valence-corrected chi connectivity index (χ0v) is 16.1. The number of hydrogen-bond acceptors (Lipinski definition) is 6. The number of aromatic amines is 1. The minimum atomic E-state index is -0.101.